The van der Waals surface area contributed by atoms with Crippen LogP contribution in [0.5, 0.6) is 0 Å². The minimum atomic E-state index is 0. The molecule has 1 atom stereocenters. The molecule has 3 nitrogen and oxygen atoms in total. The Hall–Kier alpha value is -1.06. The maximum absolute atomic E-state index is 12.2. The SMILES string of the molecule is CCc1ccc(C(=O)N(C)CCC(N)C(C)C)cc1.Cl. The number of rotatable bonds is 6. The number of carbonyl (C=O) groups excluding carboxylic acids is 1. The second-order valence-corrected chi connectivity index (χ2v) is 5.47. The number of hydrogen-bond acceptors (Lipinski definition) is 2. The second kappa shape index (κ2) is 8.98. The van der Waals surface area contributed by atoms with Gasteiger partial charge < -0.3 is 10.6 Å². The molecule has 0 radical (unpaired) electrons. The maximum atomic E-state index is 12.2. The van der Waals surface area contributed by atoms with E-state index in [-0.39, 0.29) is 24.4 Å². The molecule has 0 aliphatic rings. The van der Waals surface area contributed by atoms with Crippen molar-refractivity contribution >= 4 is 18.3 Å². The van der Waals surface area contributed by atoms with E-state index in [9.17, 15) is 4.79 Å². The van der Waals surface area contributed by atoms with Gasteiger partial charge in [0.1, 0.15) is 0 Å². The summed E-state index contributed by atoms with van der Waals surface area (Å²) in [6.07, 6.45) is 1.83. The Bertz CT molecular complexity index is 403. The summed E-state index contributed by atoms with van der Waals surface area (Å²) in [5, 5.41) is 0. The van der Waals surface area contributed by atoms with E-state index in [1.807, 2.05) is 31.3 Å². The Labute approximate surface area is 128 Å². The Morgan fingerprint density at radius 1 is 1.25 bits per heavy atom. The van der Waals surface area contributed by atoms with E-state index in [0.717, 1.165) is 18.4 Å². The summed E-state index contributed by atoms with van der Waals surface area (Å²) in [5.41, 5.74) is 8.00. The Kier molecular flexibility index (Phi) is 8.51. The molecule has 1 unspecified atom stereocenters. The fourth-order valence-corrected chi connectivity index (χ4v) is 1.88. The first-order chi connectivity index (χ1) is 8.95. The number of carbonyl (C=O) groups is 1. The first kappa shape index (κ1) is 18.9. The Morgan fingerprint density at radius 2 is 1.80 bits per heavy atom. The molecule has 0 fully saturated rings. The van der Waals surface area contributed by atoms with Gasteiger partial charge in [-0.25, -0.2) is 0 Å². The number of nitrogens with zero attached hydrogens (tertiary/aromatic N) is 1. The molecule has 1 rings (SSSR count). The summed E-state index contributed by atoms with van der Waals surface area (Å²) in [7, 11) is 1.84. The predicted molar refractivity (Wildman–Crippen MR) is 87.5 cm³/mol. The number of amides is 1. The molecule has 2 N–H and O–H groups in total. The predicted octanol–water partition coefficient (Wildman–Crippen LogP) is 3.12. The van der Waals surface area contributed by atoms with Crippen molar-refractivity contribution in [3.63, 3.8) is 0 Å². The lowest BCUT2D eigenvalue weighted by molar-refractivity contribution is 0.0789. The number of benzene rings is 1. The molecule has 1 aromatic carbocycles. The van der Waals surface area contributed by atoms with Gasteiger partial charge in [0.25, 0.3) is 5.91 Å². The fourth-order valence-electron chi connectivity index (χ4n) is 1.88. The standard InChI is InChI=1S/C16H26N2O.ClH/c1-5-13-6-8-14(9-7-13)16(19)18(4)11-10-15(17)12(2)3;/h6-9,12,15H,5,10-11,17H2,1-4H3;1H. The van der Waals surface area contributed by atoms with E-state index in [2.05, 4.69) is 20.8 Å². The number of aryl methyl sites for hydroxylation is 1. The van der Waals surface area contributed by atoms with Gasteiger partial charge in [0.05, 0.1) is 0 Å². The molecular weight excluding hydrogens is 272 g/mol. The van der Waals surface area contributed by atoms with Gasteiger partial charge in [-0.2, -0.15) is 0 Å². The molecule has 114 valence electrons. The zero-order valence-corrected chi connectivity index (χ0v) is 13.7. The van der Waals surface area contributed by atoms with E-state index in [0.29, 0.717) is 12.5 Å². The van der Waals surface area contributed by atoms with Crippen LogP contribution in [0.15, 0.2) is 24.3 Å². The summed E-state index contributed by atoms with van der Waals surface area (Å²) in [6.45, 7) is 7.02. The normalized spacial score (nSPS) is 11.9. The van der Waals surface area contributed by atoms with Gasteiger partial charge in [0.2, 0.25) is 0 Å². The summed E-state index contributed by atoms with van der Waals surface area (Å²) in [4.78, 5) is 14.0. The van der Waals surface area contributed by atoms with Crippen molar-refractivity contribution in [2.75, 3.05) is 13.6 Å². The summed E-state index contributed by atoms with van der Waals surface area (Å²) in [6, 6.07) is 7.99. The van der Waals surface area contributed by atoms with Crippen LogP contribution < -0.4 is 5.73 Å². The van der Waals surface area contributed by atoms with Gasteiger partial charge in [-0.3, -0.25) is 4.79 Å². The number of halogens is 1. The molecule has 0 spiro atoms. The van der Waals surface area contributed by atoms with Crippen molar-refractivity contribution in [2.45, 2.75) is 39.7 Å². The molecule has 0 aromatic heterocycles. The quantitative estimate of drug-likeness (QED) is 0.877. The van der Waals surface area contributed by atoms with Crippen molar-refractivity contribution in [3.8, 4) is 0 Å². The summed E-state index contributed by atoms with van der Waals surface area (Å²) < 4.78 is 0. The molecular formula is C16H27ClN2O. The number of nitrogens with two attached hydrogens (primary N) is 1. The molecule has 0 bridgehead atoms. The van der Waals surface area contributed by atoms with Crippen molar-refractivity contribution in [1.82, 2.24) is 4.90 Å². The van der Waals surface area contributed by atoms with E-state index < -0.39 is 0 Å². The van der Waals surface area contributed by atoms with E-state index in [1.54, 1.807) is 4.90 Å². The highest BCUT2D eigenvalue weighted by Gasteiger charge is 2.14. The van der Waals surface area contributed by atoms with Crippen molar-refractivity contribution in [2.24, 2.45) is 11.7 Å². The molecule has 4 heteroatoms. The van der Waals surface area contributed by atoms with Gasteiger partial charge >= 0.3 is 0 Å². The molecule has 0 aliphatic carbocycles. The molecule has 0 heterocycles. The van der Waals surface area contributed by atoms with Crippen molar-refractivity contribution in [1.29, 1.82) is 0 Å². The van der Waals surface area contributed by atoms with Crippen LogP contribution in [0.4, 0.5) is 0 Å². The van der Waals surface area contributed by atoms with Crippen LogP contribution >= 0.6 is 12.4 Å². The van der Waals surface area contributed by atoms with Crippen LogP contribution in [0.2, 0.25) is 0 Å². The molecule has 0 aliphatic heterocycles. The smallest absolute Gasteiger partial charge is 0.253 e. The molecule has 0 saturated carbocycles. The third kappa shape index (κ3) is 5.51. The Balaban J connectivity index is 0.00000361. The monoisotopic (exact) mass is 298 g/mol. The largest absolute Gasteiger partial charge is 0.342 e. The highest BCUT2D eigenvalue weighted by atomic mass is 35.5. The van der Waals surface area contributed by atoms with E-state index >= 15 is 0 Å². The average molecular weight is 299 g/mol. The van der Waals surface area contributed by atoms with E-state index in [4.69, 9.17) is 5.73 Å². The van der Waals surface area contributed by atoms with Crippen molar-refractivity contribution < 1.29 is 4.79 Å². The topological polar surface area (TPSA) is 46.3 Å². The minimum Gasteiger partial charge on any atom is -0.342 e. The molecule has 0 saturated heterocycles. The molecule has 1 aromatic rings. The van der Waals surface area contributed by atoms with E-state index in [1.165, 1.54) is 5.56 Å². The lowest BCUT2D eigenvalue weighted by atomic mass is 10.0. The minimum absolute atomic E-state index is 0. The fraction of sp³-hybridized carbons (Fsp3) is 0.562. The van der Waals surface area contributed by atoms with Crippen LogP contribution in [-0.4, -0.2) is 30.4 Å². The van der Waals surface area contributed by atoms with Crippen LogP contribution in [0.25, 0.3) is 0 Å². The zero-order chi connectivity index (χ0) is 14.4. The number of hydrogen-bond donors (Lipinski definition) is 1. The average Bonchev–Trinajstić information content (AvgIpc) is 2.43. The third-order valence-corrected chi connectivity index (χ3v) is 3.61. The summed E-state index contributed by atoms with van der Waals surface area (Å²) >= 11 is 0. The van der Waals surface area contributed by atoms with Gasteiger partial charge in [-0.1, -0.05) is 32.9 Å². The first-order valence-electron chi connectivity index (χ1n) is 7.05. The van der Waals surface area contributed by atoms with Gasteiger partial charge in [0, 0.05) is 25.2 Å². The third-order valence-electron chi connectivity index (χ3n) is 3.61. The van der Waals surface area contributed by atoms with Crippen LogP contribution in [0, 0.1) is 5.92 Å². The van der Waals surface area contributed by atoms with Gasteiger partial charge in [0.15, 0.2) is 0 Å². The van der Waals surface area contributed by atoms with Crippen LogP contribution in [-0.2, 0) is 6.42 Å². The molecule has 20 heavy (non-hydrogen) atoms. The van der Waals surface area contributed by atoms with Crippen LogP contribution in [0.1, 0.15) is 43.1 Å². The van der Waals surface area contributed by atoms with Crippen molar-refractivity contribution in [3.05, 3.63) is 35.4 Å². The molecule has 1 amide bonds. The summed E-state index contributed by atoms with van der Waals surface area (Å²) in [5.74, 6) is 0.519. The first-order valence-corrected chi connectivity index (χ1v) is 7.05. The highest BCUT2D eigenvalue weighted by Crippen LogP contribution is 2.09. The van der Waals surface area contributed by atoms with Crippen LogP contribution in [0.3, 0.4) is 0 Å². The lowest BCUT2D eigenvalue weighted by Crippen LogP contribution is -2.34. The maximum Gasteiger partial charge on any atom is 0.253 e. The lowest BCUT2D eigenvalue weighted by Gasteiger charge is -2.21. The van der Waals surface area contributed by atoms with Gasteiger partial charge in [-0.05, 0) is 36.5 Å². The highest BCUT2D eigenvalue weighted by molar-refractivity contribution is 5.94. The Morgan fingerprint density at radius 3 is 2.25 bits per heavy atom. The van der Waals surface area contributed by atoms with Gasteiger partial charge in [-0.15, -0.1) is 12.4 Å². The zero-order valence-electron chi connectivity index (χ0n) is 12.9. The second-order valence-electron chi connectivity index (χ2n) is 5.47.